The topological polar surface area (TPSA) is 223 Å². The molecule has 0 saturated heterocycles. The molecule has 0 heterocycles. The summed E-state index contributed by atoms with van der Waals surface area (Å²) in [5, 5.41) is 21.2. The van der Waals surface area contributed by atoms with E-state index in [1.54, 1.807) is 0 Å². The number of carbonyl (C=O) groups is 2. The number of aldehydes is 1. The smallest absolute Gasteiger partial charge is 0.872 e. The number of aliphatic imine (C=N–C) groups is 1. The van der Waals surface area contributed by atoms with Gasteiger partial charge in [0.1, 0.15) is 6.29 Å². The van der Waals surface area contributed by atoms with E-state index < -0.39 is 12.5 Å². The standard InChI is InChI=1S/C10H9NO4.Mn.4H2O/c12-6-7-1-2-9(13)8(3-7)4-11-5-10(14)15;;;;;/h1-4,6,13H,5H2,(H,14,15);;4*1H2/q;+2;;;;/p+1. The summed E-state index contributed by atoms with van der Waals surface area (Å²) in [5.74, 6) is -1.65. The fourth-order valence-electron chi connectivity index (χ4n) is 0.960. The Hall–Kier alpha value is -1.81. The van der Waals surface area contributed by atoms with Crippen LogP contribution in [0.3, 0.4) is 0 Å². The molecule has 0 aromatic heterocycles. The van der Waals surface area contributed by atoms with Crippen molar-refractivity contribution < 1.29 is 58.8 Å². The van der Waals surface area contributed by atoms with E-state index >= 15 is 0 Å². The van der Waals surface area contributed by atoms with Gasteiger partial charge in [0.05, 0.1) is 12.5 Å². The third kappa shape index (κ3) is 10.1. The van der Waals surface area contributed by atoms with Crippen molar-refractivity contribution in [3.05, 3.63) is 29.3 Å². The number of rotatable bonds is 4. The van der Waals surface area contributed by atoms with Gasteiger partial charge in [-0.05, 0) is 11.6 Å². The molecule has 0 atom stereocenters. The summed E-state index contributed by atoms with van der Waals surface area (Å²) < 4.78 is 0. The molecule has 11 N–H and O–H groups in total. The summed E-state index contributed by atoms with van der Waals surface area (Å²) in [4.78, 5) is 23.9. The fraction of sp³-hybridized carbons (Fsp3) is 0.100. The van der Waals surface area contributed by atoms with Crippen LogP contribution in [-0.2, 0) is 38.3 Å². The van der Waals surface area contributed by atoms with Gasteiger partial charge in [0, 0.05) is 11.8 Å². The Labute approximate surface area is 124 Å². The molecule has 1 rings (SSSR count). The van der Waals surface area contributed by atoms with Gasteiger partial charge in [-0.25, -0.2) is 0 Å². The van der Waals surface area contributed by atoms with E-state index in [-0.39, 0.29) is 50.3 Å². The van der Waals surface area contributed by atoms with E-state index in [9.17, 15) is 19.8 Å². The molecule has 0 fully saturated rings. The molecule has 0 aliphatic carbocycles. The summed E-state index contributed by atoms with van der Waals surface area (Å²) in [7, 11) is 0. The van der Waals surface area contributed by atoms with Crippen LogP contribution in [0.1, 0.15) is 15.9 Å². The van der Waals surface area contributed by atoms with Crippen LogP contribution in [-0.4, -0.2) is 30.5 Å². The maximum atomic E-state index is 11.2. The Bertz CT molecular complexity index is 424. The predicted molar refractivity (Wildman–Crippen MR) is 67.0 cm³/mol. The summed E-state index contributed by atoms with van der Waals surface area (Å²) in [5.41, 5.74) is 0.519. The van der Waals surface area contributed by atoms with Gasteiger partial charge in [0.15, 0.2) is 0 Å². The number of aliphatic carboxylic acids is 1. The average Bonchev–Trinajstić information content (AvgIpc) is 2.20. The third-order valence-electron chi connectivity index (χ3n) is 1.62. The number of carbonyl (C=O) groups excluding carboxylic acids is 2. The van der Waals surface area contributed by atoms with Crippen LogP contribution in [0.25, 0.3) is 0 Å². The summed E-state index contributed by atoms with van der Waals surface area (Å²) >= 11 is 0. The van der Waals surface area contributed by atoms with E-state index in [1.165, 1.54) is 18.2 Å². The third-order valence-corrected chi connectivity index (χ3v) is 1.62. The van der Waals surface area contributed by atoms with E-state index in [1.807, 2.05) is 0 Å². The number of hydrogen-bond donors (Lipinski definition) is 0. The van der Waals surface area contributed by atoms with E-state index in [0.717, 1.165) is 6.21 Å². The molecule has 20 heavy (non-hydrogen) atoms. The first kappa shape index (κ1) is 30.9. The van der Waals surface area contributed by atoms with Crippen LogP contribution in [0.5, 0.6) is 5.75 Å². The van der Waals surface area contributed by atoms with Gasteiger partial charge >= 0.3 is 17.1 Å². The monoisotopic (exact) mass is 335 g/mol. The largest absolute Gasteiger partial charge is 2.00 e. The van der Waals surface area contributed by atoms with Crippen molar-refractivity contribution in [3.63, 3.8) is 0 Å². The maximum absolute atomic E-state index is 11.2. The van der Waals surface area contributed by atoms with Crippen LogP contribution >= 0.6 is 0 Å². The molecule has 0 unspecified atom stereocenters. The zero-order chi connectivity index (χ0) is 11.3. The Morgan fingerprint density at radius 2 is 1.80 bits per heavy atom. The molecule has 0 bridgehead atoms. The molecular formula is C10H18MnNO8+3. The molecule has 10 heteroatoms. The van der Waals surface area contributed by atoms with E-state index in [4.69, 9.17) is 0 Å². The SMILES string of the molecule is O.O=Cc1ccc([O-])c(C=NCC(=O)[O-])c1.[Mn+2].[OH3+].[OH3+].[OH3+]. The minimum Gasteiger partial charge on any atom is -0.872 e. The molecule has 9 nitrogen and oxygen atoms in total. The minimum atomic E-state index is -1.33. The summed E-state index contributed by atoms with van der Waals surface area (Å²) in [6.45, 7) is -0.509. The zero-order valence-electron chi connectivity index (χ0n) is 10.3. The van der Waals surface area contributed by atoms with Crippen molar-refractivity contribution in [1.29, 1.82) is 0 Å². The molecule has 0 saturated carbocycles. The second-order valence-electron chi connectivity index (χ2n) is 2.76. The van der Waals surface area contributed by atoms with Crippen LogP contribution in [0.15, 0.2) is 23.2 Å². The molecule has 0 amide bonds. The molecule has 1 radical (unpaired) electrons. The zero-order valence-corrected chi connectivity index (χ0v) is 11.5. The molecule has 1 aromatic rings. The van der Waals surface area contributed by atoms with Crippen molar-refractivity contribution in [2.24, 2.45) is 4.99 Å². The molecule has 0 spiro atoms. The van der Waals surface area contributed by atoms with Gasteiger partial charge in [-0.15, -0.1) is 5.75 Å². The van der Waals surface area contributed by atoms with Crippen molar-refractivity contribution >= 4 is 18.5 Å². The number of benzene rings is 1. The van der Waals surface area contributed by atoms with Gasteiger partial charge in [-0.3, -0.25) is 9.79 Å². The molecule has 115 valence electrons. The fourth-order valence-corrected chi connectivity index (χ4v) is 0.960. The number of carboxylic acid groups (broad SMARTS) is 1. The van der Waals surface area contributed by atoms with Gasteiger partial charge in [0.2, 0.25) is 0 Å². The van der Waals surface area contributed by atoms with Crippen molar-refractivity contribution in [2.45, 2.75) is 0 Å². The quantitative estimate of drug-likeness (QED) is 0.228. The Kier molecular flexibility index (Phi) is 23.6. The first-order valence-corrected chi connectivity index (χ1v) is 4.09. The summed E-state index contributed by atoms with van der Waals surface area (Å²) in [6, 6.07) is 3.95. The second kappa shape index (κ2) is 15.2. The minimum absolute atomic E-state index is 0. The second-order valence-corrected chi connectivity index (χ2v) is 2.76. The van der Waals surface area contributed by atoms with Gasteiger partial charge in [-0.1, -0.05) is 12.1 Å². The number of carboxylic acids is 1. The van der Waals surface area contributed by atoms with Crippen LogP contribution in [0, 0.1) is 0 Å². The maximum Gasteiger partial charge on any atom is 2.00 e. The predicted octanol–water partition coefficient (Wildman–Crippen LogP) is -4.85. The van der Waals surface area contributed by atoms with Gasteiger partial charge in [0.25, 0.3) is 0 Å². The molecule has 0 aliphatic heterocycles. The van der Waals surface area contributed by atoms with Crippen molar-refractivity contribution in [3.8, 4) is 5.75 Å². The van der Waals surface area contributed by atoms with Gasteiger partial charge in [-0.2, -0.15) is 0 Å². The van der Waals surface area contributed by atoms with Crippen molar-refractivity contribution in [1.82, 2.24) is 0 Å². The van der Waals surface area contributed by atoms with Crippen molar-refractivity contribution in [2.75, 3.05) is 6.54 Å². The normalized spacial score (nSPS) is 7.80. The molecule has 1 aromatic carbocycles. The first-order chi connectivity index (χ1) is 7.13. The Morgan fingerprint density at radius 1 is 1.25 bits per heavy atom. The molecular weight excluding hydrogens is 317 g/mol. The van der Waals surface area contributed by atoms with E-state index in [0.29, 0.717) is 11.8 Å². The average molecular weight is 335 g/mol. The Morgan fingerprint density at radius 3 is 2.25 bits per heavy atom. The first-order valence-electron chi connectivity index (χ1n) is 4.09. The number of hydrogen-bond acceptors (Lipinski definition) is 5. The Balaban J connectivity index is -0.000000150. The van der Waals surface area contributed by atoms with Crippen LogP contribution < -0.4 is 10.2 Å². The summed E-state index contributed by atoms with van der Waals surface area (Å²) in [6.07, 6.45) is 1.71. The van der Waals surface area contributed by atoms with Crippen LogP contribution in [0.4, 0.5) is 0 Å². The number of nitrogens with zero attached hydrogens (tertiary/aromatic N) is 1. The van der Waals surface area contributed by atoms with Gasteiger partial charge < -0.3 is 36.9 Å². The van der Waals surface area contributed by atoms with E-state index in [2.05, 4.69) is 4.99 Å². The van der Waals surface area contributed by atoms with Crippen LogP contribution in [0.2, 0.25) is 0 Å². The molecule has 0 aliphatic rings.